The Morgan fingerprint density at radius 1 is 1.09 bits per heavy atom. The third kappa shape index (κ3) is 3.52. The number of benzene rings is 2. The van der Waals surface area contributed by atoms with Gasteiger partial charge in [0, 0.05) is 16.1 Å². The number of hydrogen-bond acceptors (Lipinski definition) is 4. The lowest BCUT2D eigenvalue weighted by Gasteiger charge is -2.03. The summed E-state index contributed by atoms with van der Waals surface area (Å²) in [6.45, 7) is 0. The number of nitrogens with one attached hydrogen (secondary N) is 1. The Kier molecular flexibility index (Phi) is 4.60. The highest BCUT2D eigenvalue weighted by atomic mass is 35.5. The maximum absolute atomic E-state index is 11.6. The molecule has 23 heavy (non-hydrogen) atoms. The van der Waals surface area contributed by atoms with Gasteiger partial charge in [-0.15, -0.1) is 0 Å². The first-order valence-electron chi connectivity index (χ1n) is 6.84. The van der Waals surface area contributed by atoms with E-state index >= 15 is 0 Å². The van der Waals surface area contributed by atoms with Crippen LogP contribution in [0, 0.1) is 0 Å². The minimum Gasteiger partial charge on any atom is -0.453 e. The van der Waals surface area contributed by atoms with E-state index in [-0.39, 0.29) is 0 Å². The minimum atomic E-state index is -0.520. The summed E-state index contributed by atoms with van der Waals surface area (Å²) in [5.41, 5.74) is 2.58. The van der Waals surface area contributed by atoms with Crippen LogP contribution in [0.2, 0.25) is 5.02 Å². The molecule has 116 valence electrons. The molecule has 0 fully saturated rings. The Balaban J connectivity index is 2.06. The second-order valence-corrected chi connectivity index (χ2v) is 6.12. The van der Waals surface area contributed by atoms with Crippen LogP contribution in [0.4, 0.5) is 9.80 Å². The summed E-state index contributed by atoms with van der Waals surface area (Å²) >= 11 is 7.32. The molecule has 1 aromatic heterocycles. The molecule has 1 amide bonds. The lowest BCUT2D eigenvalue weighted by Crippen LogP contribution is -2.10. The number of hydrogen-bond donors (Lipinski definition) is 1. The number of amides is 1. The van der Waals surface area contributed by atoms with Crippen LogP contribution < -0.4 is 5.32 Å². The Labute approximate surface area is 142 Å². The molecule has 0 bridgehead atoms. The van der Waals surface area contributed by atoms with Gasteiger partial charge in [-0.05, 0) is 12.1 Å². The van der Waals surface area contributed by atoms with Crippen molar-refractivity contribution >= 4 is 34.0 Å². The van der Waals surface area contributed by atoms with Crippen molar-refractivity contribution in [1.29, 1.82) is 0 Å². The van der Waals surface area contributed by atoms with Crippen LogP contribution in [0.5, 0.6) is 0 Å². The highest BCUT2D eigenvalue weighted by molar-refractivity contribution is 7.19. The number of anilines is 1. The molecule has 0 aliphatic heterocycles. The first kappa shape index (κ1) is 15.5. The maximum Gasteiger partial charge on any atom is 0.412 e. The van der Waals surface area contributed by atoms with Crippen LogP contribution in [0.15, 0.2) is 54.6 Å². The van der Waals surface area contributed by atoms with E-state index in [0.717, 1.165) is 16.1 Å². The van der Waals surface area contributed by atoms with Gasteiger partial charge in [-0.3, -0.25) is 5.32 Å². The van der Waals surface area contributed by atoms with E-state index in [4.69, 9.17) is 11.6 Å². The van der Waals surface area contributed by atoms with E-state index in [1.54, 1.807) is 0 Å². The smallest absolute Gasteiger partial charge is 0.412 e. The Hall–Kier alpha value is -2.37. The largest absolute Gasteiger partial charge is 0.453 e. The summed E-state index contributed by atoms with van der Waals surface area (Å²) in [4.78, 5) is 16.3. The monoisotopic (exact) mass is 344 g/mol. The van der Waals surface area contributed by atoms with Gasteiger partial charge in [0.1, 0.15) is 15.7 Å². The zero-order valence-corrected chi connectivity index (χ0v) is 13.8. The number of halogens is 1. The van der Waals surface area contributed by atoms with Crippen molar-refractivity contribution in [3.05, 3.63) is 59.6 Å². The van der Waals surface area contributed by atoms with Gasteiger partial charge < -0.3 is 4.74 Å². The van der Waals surface area contributed by atoms with Gasteiger partial charge in [-0.25, -0.2) is 9.78 Å². The van der Waals surface area contributed by atoms with Gasteiger partial charge >= 0.3 is 6.09 Å². The fourth-order valence-corrected chi connectivity index (χ4v) is 3.16. The van der Waals surface area contributed by atoms with Gasteiger partial charge in [0.25, 0.3) is 0 Å². The number of ether oxygens (including phenoxy) is 1. The summed E-state index contributed by atoms with van der Waals surface area (Å²) in [6.07, 6.45) is -0.520. The van der Waals surface area contributed by atoms with Crippen molar-refractivity contribution in [1.82, 2.24) is 4.98 Å². The van der Waals surface area contributed by atoms with Gasteiger partial charge in [0.2, 0.25) is 0 Å². The second-order valence-electron chi connectivity index (χ2n) is 4.69. The van der Waals surface area contributed by atoms with Crippen LogP contribution in [0.3, 0.4) is 0 Å². The maximum atomic E-state index is 11.6. The molecule has 0 saturated heterocycles. The van der Waals surface area contributed by atoms with Gasteiger partial charge in [-0.1, -0.05) is 65.4 Å². The Morgan fingerprint density at radius 2 is 1.78 bits per heavy atom. The molecule has 0 saturated carbocycles. The predicted molar refractivity (Wildman–Crippen MR) is 94.0 cm³/mol. The summed E-state index contributed by atoms with van der Waals surface area (Å²) in [6, 6.07) is 17.1. The van der Waals surface area contributed by atoms with E-state index in [1.165, 1.54) is 18.4 Å². The SMILES string of the molecule is COC(=O)Nc1sc(-c2ccc(Cl)cc2)nc1-c1ccccc1. The molecule has 3 aromatic rings. The van der Waals surface area contributed by atoms with Crippen LogP contribution in [0.25, 0.3) is 21.8 Å². The molecule has 0 spiro atoms. The number of aromatic nitrogens is 1. The summed E-state index contributed by atoms with van der Waals surface area (Å²) in [5, 5.41) is 4.84. The molecular formula is C17H13ClN2O2S. The summed E-state index contributed by atoms with van der Waals surface area (Å²) < 4.78 is 4.69. The van der Waals surface area contributed by atoms with Crippen molar-refractivity contribution in [3.8, 4) is 21.8 Å². The number of rotatable bonds is 3. The number of methoxy groups -OCH3 is 1. The normalized spacial score (nSPS) is 10.3. The Morgan fingerprint density at radius 3 is 2.43 bits per heavy atom. The number of carbonyl (C=O) groups excluding carboxylic acids is 1. The predicted octanol–water partition coefficient (Wildman–Crippen LogP) is 5.31. The molecule has 0 radical (unpaired) electrons. The van der Waals surface area contributed by atoms with Crippen LogP contribution in [-0.2, 0) is 4.74 Å². The highest BCUT2D eigenvalue weighted by Crippen LogP contribution is 2.38. The van der Waals surface area contributed by atoms with Gasteiger partial charge in [-0.2, -0.15) is 0 Å². The van der Waals surface area contributed by atoms with E-state index < -0.39 is 6.09 Å². The van der Waals surface area contributed by atoms with Gasteiger partial charge in [0.05, 0.1) is 7.11 Å². The van der Waals surface area contributed by atoms with E-state index in [2.05, 4.69) is 15.0 Å². The molecule has 0 atom stereocenters. The summed E-state index contributed by atoms with van der Waals surface area (Å²) in [5.74, 6) is 0. The van der Waals surface area contributed by atoms with E-state index in [1.807, 2.05) is 54.6 Å². The first-order valence-corrected chi connectivity index (χ1v) is 8.04. The Bertz CT molecular complexity index is 816. The highest BCUT2D eigenvalue weighted by Gasteiger charge is 2.16. The molecule has 0 aliphatic rings. The molecule has 0 aliphatic carbocycles. The number of nitrogens with zero attached hydrogens (tertiary/aromatic N) is 1. The molecule has 1 N–H and O–H groups in total. The zero-order valence-electron chi connectivity index (χ0n) is 12.2. The van der Waals surface area contributed by atoms with E-state index in [0.29, 0.717) is 15.7 Å². The molecular weight excluding hydrogens is 332 g/mol. The zero-order chi connectivity index (χ0) is 16.2. The van der Waals surface area contributed by atoms with Crippen LogP contribution >= 0.6 is 22.9 Å². The molecule has 3 rings (SSSR count). The van der Waals surface area contributed by atoms with Crippen molar-refractivity contribution in [3.63, 3.8) is 0 Å². The fourth-order valence-electron chi connectivity index (χ4n) is 2.06. The molecule has 2 aromatic carbocycles. The van der Waals surface area contributed by atoms with Crippen LogP contribution in [-0.4, -0.2) is 18.2 Å². The van der Waals surface area contributed by atoms with Crippen molar-refractivity contribution < 1.29 is 9.53 Å². The van der Waals surface area contributed by atoms with Crippen molar-refractivity contribution in [2.75, 3.05) is 12.4 Å². The van der Waals surface area contributed by atoms with Crippen molar-refractivity contribution in [2.45, 2.75) is 0 Å². The second kappa shape index (κ2) is 6.81. The lowest BCUT2D eigenvalue weighted by atomic mass is 10.1. The van der Waals surface area contributed by atoms with Crippen molar-refractivity contribution in [2.24, 2.45) is 0 Å². The third-order valence-corrected chi connectivity index (χ3v) is 4.44. The van der Waals surface area contributed by atoms with E-state index in [9.17, 15) is 4.79 Å². The quantitative estimate of drug-likeness (QED) is 0.700. The lowest BCUT2D eigenvalue weighted by molar-refractivity contribution is 0.187. The molecule has 1 heterocycles. The summed E-state index contributed by atoms with van der Waals surface area (Å²) in [7, 11) is 1.33. The topological polar surface area (TPSA) is 51.2 Å². The third-order valence-electron chi connectivity index (χ3n) is 3.17. The molecule has 4 nitrogen and oxygen atoms in total. The van der Waals surface area contributed by atoms with Crippen LogP contribution in [0.1, 0.15) is 0 Å². The number of thiazole rings is 1. The standard InChI is InChI=1S/C17H13ClN2O2S/c1-22-17(21)20-16-14(11-5-3-2-4-6-11)19-15(23-16)12-7-9-13(18)10-8-12/h2-10H,1H3,(H,20,21). The fraction of sp³-hybridized carbons (Fsp3) is 0.0588. The number of carbonyl (C=O) groups is 1. The average molecular weight is 345 g/mol. The van der Waals surface area contributed by atoms with Gasteiger partial charge in [0.15, 0.2) is 0 Å². The molecule has 6 heteroatoms. The first-order chi connectivity index (χ1) is 11.2. The minimum absolute atomic E-state index is 0.520. The average Bonchev–Trinajstić information content (AvgIpc) is 3.00. The molecule has 0 unspecified atom stereocenters.